The second-order valence-corrected chi connectivity index (χ2v) is 12.0. The molecule has 40 heavy (non-hydrogen) atoms. The van der Waals surface area contributed by atoms with Crippen molar-refractivity contribution in [2.45, 2.75) is 70.7 Å². The second-order valence-electron chi connectivity index (χ2n) is 11.2. The number of fused-ring (bicyclic) bond motifs is 1. The van der Waals surface area contributed by atoms with Crippen LogP contribution in [0, 0.1) is 5.92 Å². The highest BCUT2D eigenvalue weighted by Gasteiger charge is 2.33. The topological polar surface area (TPSA) is 94.1 Å². The maximum Gasteiger partial charge on any atom is 0.319 e. The normalized spacial score (nSPS) is 20.8. The fourth-order valence-electron chi connectivity index (χ4n) is 5.44. The SMILES string of the molecule is C[C@@H]1CN([C@H](C)CO)C(=O)c2cc(NC(=O)NC3CCCCC3)ccc2O[C@@H]1CN(C)Cc1ccc(Cl)c(Cl)c1. The van der Waals surface area contributed by atoms with Gasteiger partial charge in [0.25, 0.3) is 5.91 Å². The molecule has 1 aliphatic heterocycles. The van der Waals surface area contributed by atoms with E-state index in [2.05, 4.69) is 22.5 Å². The lowest BCUT2D eigenvalue weighted by molar-refractivity contribution is 0.0341. The van der Waals surface area contributed by atoms with E-state index in [1.165, 1.54) is 6.42 Å². The van der Waals surface area contributed by atoms with Crippen LogP contribution in [0.4, 0.5) is 10.5 Å². The predicted molar refractivity (Wildman–Crippen MR) is 159 cm³/mol. The number of nitrogens with zero attached hydrogens (tertiary/aromatic N) is 2. The van der Waals surface area contributed by atoms with Crippen molar-refractivity contribution in [3.05, 3.63) is 57.6 Å². The molecule has 3 N–H and O–H groups in total. The van der Waals surface area contributed by atoms with Crippen molar-refractivity contribution in [3.63, 3.8) is 0 Å². The number of ether oxygens (including phenoxy) is 1. The van der Waals surface area contributed by atoms with Gasteiger partial charge in [-0.05, 0) is 62.7 Å². The number of urea groups is 1. The summed E-state index contributed by atoms with van der Waals surface area (Å²) >= 11 is 12.3. The average molecular weight is 592 g/mol. The smallest absolute Gasteiger partial charge is 0.319 e. The van der Waals surface area contributed by atoms with Crippen molar-refractivity contribution in [1.29, 1.82) is 0 Å². The molecule has 0 bridgehead atoms. The highest BCUT2D eigenvalue weighted by Crippen LogP contribution is 2.31. The standard InChI is InChI=1S/C30H40Cl2N4O4/c1-19-15-36(20(2)18-37)29(38)24-14-23(34-30(39)33-22-7-5-4-6-8-22)10-12-27(24)40-28(19)17-35(3)16-21-9-11-25(31)26(32)13-21/h9-14,19-20,22,28,37H,4-8,15-18H2,1-3H3,(H2,33,34,39)/t19-,20-,28-/m1/s1. The van der Waals surface area contributed by atoms with E-state index in [1.807, 2.05) is 26.1 Å². The predicted octanol–water partition coefficient (Wildman–Crippen LogP) is 5.80. The molecule has 0 unspecified atom stereocenters. The summed E-state index contributed by atoms with van der Waals surface area (Å²) in [4.78, 5) is 30.2. The highest BCUT2D eigenvalue weighted by atomic mass is 35.5. The summed E-state index contributed by atoms with van der Waals surface area (Å²) < 4.78 is 6.49. The van der Waals surface area contributed by atoms with E-state index in [-0.39, 0.29) is 42.7 Å². The van der Waals surface area contributed by atoms with E-state index in [0.717, 1.165) is 31.2 Å². The molecule has 1 saturated carbocycles. The molecule has 2 aromatic carbocycles. The third-order valence-electron chi connectivity index (χ3n) is 7.79. The molecular formula is C30H40Cl2N4O4. The molecular weight excluding hydrogens is 551 g/mol. The van der Waals surface area contributed by atoms with Gasteiger partial charge in [0, 0.05) is 37.3 Å². The molecule has 0 saturated heterocycles. The molecule has 0 spiro atoms. The molecule has 3 amide bonds. The fraction of sp³-hybridized carbons (Fsp3) is 0.533. The van der Waals surface area contributed by atoms with Gasteiger partial charge in [0.15, 0.2) is 0 Å². The molecule has 1 aliphatic carbocycles. The maximum absolute atomic E-state index is 13.7. The first-order chi connectivity index (χ1) is 19.1. The Labute approximate surface area is 247 Å². The fourth-order valence-corrected chi connectivity index (χ4v) is 5.76. The Morgan fingerprint density at radius 1 is 1.15 bits per heavy atom. The largest absolute Gasteiger partial charge is 0.488 e. The number of hydrogen-bond acceptors (Lipinski definition) is 5. The molecule has 218 valence electrons. The van der Waals surface area contributed by atoms with E-state index in [1.54, 1.807) is 29.2 Å². The number of rotatable bonds is 8. The van der Waals surface area contributed by atoms with Crippen molar-refractivity contribution in [3.8, 4) is 5.75 Å². The minimum atomic E-state index is -0.373. The number of likely N-dealkylation sites (N-methyl/N-ethyl adjacent to an activating group) is 1. The van der Waals surface area contributed by atoms with Gasteiger partial charge in [-0.2, -0.15) is 0 Å². The van der Waals surface area contributed by atoms with Crippen LogP contribution in [-0.2, 0) is 6.54 Å². The first-order valence-corrected chi connectivity index (χ1v) is 14.8. The quantitative estimate of drug-likeness (QED) is 0.361. The van der Waals surface area contributed by atoms with Gasteiger partial charge < -0.3 is 25.4 Å². The second kappa shape index (κ2) is 13.9. The Balaban J connectivity index is 1.53. The van der Waals surface area contributed by atoms with Crippen LogP contribution in [0.3, 0.4) is 0 Å². The van der Waals surface area contributed by atoms with Crippen molar-refractivity contribution in [2.75, 3.05) is 32.1 Å². The summed E-state index contributed by atoms with van der Waals surface area (Å²) in [6.07, 6.45) is 5.18. The summed E-state index contributed by atoms with van der Waals surface area (Å²) in [6, 6.07) is 10.3. The van der Waals surface area contributed by atoms with Crippen molar-refractivity contribution in [1.82, 2.24) is 15.1 Å². The van der Waals surface area contributed by atoms with Gasteiger partial charge in [-0.1, -0.05) is 55.5 Å². The van der Waals surface area contributed by atoms with Crippen molar-refractivity contribution >= 4 is 40.8 Å². The third-order valence-corrected chi connectivity index (χ3v) is 8.53. The number of aliphatic hydroxyl groups is 1. The summed E-state index contributed by atoms with van der Waals surface area (Å²) in [6.45, 7) is 5.39. The van der Waals surface area contributed by atoms with Crippen LogP contribution >= 0.6 is 23.2 Å². The lowest BCUT2D eigenvalue weighted by atomic mass is 9.96. The number of benzene rings is 2. The monoisotopic (exact) mass is 590 g/mol. The minimum absolute atomic E-state index is 0.0126. The lowest BCUT2D eigenvalue weighted by Crippen LogP contribution is -2.49. The zero-order chi connectivity index (χ0) is 28.8. The van der Waals surface area contributed by atoms with Crippen molar-refractivity contribution in [2.24, 2.45) is 5.92 Å². The van der Waals surface area contributed by atoms with Gasteiger partial charge in [0.1, 0.15) is 11.9 Å². The summed E-state index contributed by atoms with van der Waals surface area (Å²) in [7, 11) is 2.01. The van der Waals surface area contributed by atoms with Gasteiger partial charge in [-0.3, -0.25) is 9.69 Å². The van der Waals surface area contributed by atoms with Gasteiger partial charge >= 0.3 is 6.03 Å². The minimum Gasteiger partial charge on any atom is -0.488 e. The van der Waals surface area contributed by atoms with E-state index in [9.17, 15) is 14.7 Å². The zero-order valence-corrected chi connectivity index (χ0v) is 25.0. The summed E-state index contributed by atoms with van der Waals surface area (Å²) in [5, 5.41) is 16.9. The lowest BCUT2D eigenvalue weighted by Gasteiger charge is -2.38. The highest BCUT2D eigenvalue weighted by molar-refractivity contribution is 6.42. The van der Waals surface area contributed by atoms with Crippen LogP contribution in [0.15, 0.2) is 36.4 Å². The average Bonchev–Trinajstić information content (AvgIpc) is 2.93. The van der Waals surface area contributed by atoms with Crippen LogP contribution in [0.1, 0.15) is 61.9 Å². The maximum atomic E-state index is 13.7. The Morgan fingerprint density at radius 2 is 1.90 bits per heavy atom. The Kier molecular flexibility index (Phi) is 10.6. The van der Waals surface area contributed by atoms with Crippen LogP contribution in [-0.4, -0.2) is 71.8 Å². The number of carbonyl (C=O) groups is 2. The molecule has 10 heteroatoms. The number of aliphatic hydroxyl groups excluding tert-OH is 1. The summed E-state index contributed by atoms with van der Waals surface area (Å²) in [5.74, 6) is 0.210. The van der Waals surface area contributed by atoms with E-state index >= 15 is 0 Å². The molecule has 2 aromatic rings. The number of carbonyl (C=O) groups excluding carboxylic acids is 2. The van der Waals surface area contributed by atoms with Crippen LogP contribution in [0.5, 0.6) is 5.75 Å². The number of halogens is 2. The third kappa shape index (κ3) is 7.81. The molecule has 1 fully saturated rings. The van der Waals surface area contributed by atoms with Gasteiger partial charge in [-0.15, -0.1) is 0 Å². The van der Waals surface area contributed by atoms with E-state index < -0.39 is 0 Å². The Hall–Kier alpha value is -2.52. The zero-order valence-electron chi connectivity index (χ0n) is 23.5. The number of nitrogens with one attached hydrogen (secondary N) is 2. The first kappa shape index (κ1) is 30.4. The molecule has 2 aliphatic rings. The van der Waals surface area contributed by atoms with Gasteiger partial charge in [0.2, 0.25) is 0 Å². The van der Waals surface area contributed by atoms with E-state index in [0.29, 0.717) is 46.7 Å². The molecule has 0 radical (unpaired) electrons. The molecule has 8 nitrogen and oxygen atoms in total. The summed E-state index contributed by atoms with van der Waals surface area (Å²) in [5.41, 5.74) is 1.91. The molecule has 0 aromatic heterocycles. The number of anilines is 1. The van der Waals surface area contributed by atoms with E-state index in [4.69, 9.17) is 27.9 Å². The van der Waals surface area contributed by atoms with Gasteiger partial charge in [-0.25, -0.2) is 4.79 Å². The van der Waals surface area contributed by atoms with Gasteiger partial charge in [0.05, 0.1) is 28.3 Å². The van der Waals surface area contributed by atoms with Crippen LogP contribution < -0.4 is 15.4 Å². The number of hydrogen-bond donors (Lipinski definition) is 3. The van der Waals surface area contributed by atoms with Crippen LogP contribution in [0.25, 0.3) is 0 Å². The molecule has 3 atom stereocenters. The number of amides is 3. The molecule has 1 heterocycles. The molecule has 4 rings (SSSR count). The van der Waals surface area contributed by atoms with Crippen molar-refractivity contribution < 1.29 is 19.4 Å². The first-order valence-electron chi connectivity index (χ1n) is 14.1. The Morgan fingerprint density at radius 3 is 2.60 bits per heavy atom. The Bertz CT molecular complexity index is 1190. The van der Waals surface area contributed by atoms with Crippen LogP contribution in [0.2, 0.25) is 10.0 Å².